The number of rotatable bonds is 3. The fourth-order valence-corrected chi connectivity index (χ4v) is 2.38. The predicted molar refractivity (Wildman–Crippen MR) is 97.8 cm³/mol. The van der Waals surface area contributed by atoms with E-state index in [1.54, 1.807) is 55.6 Å². The van der Waals surface area contributed by atoms with Crippen LogP contribution in [0.4, 0.5) is 0 Å². The van der Waals surface area contributed by atoms with E-state index in [0.717, 1.165) is 0 Å². The molecule has 0 atom stereocenters. The van der Waals surface area contributed by atoms with Gasteiger partial charge in [-0.1, -0.05) is 12.1 Å². The molecule has 3 N–H and O–H groups in total. The van der Waals surface area contributed by atoms with E-state index in [0.29, 0.717) is 21.3 Å². The van der Waals surface area contributed by atoms with Crippen molar-refractivity contribution in [2.75, 3.05) is 7.11 Å². The molecule has 0 radical (unpaired) electrons. The Morgan fingerprint density at radius 1 is 1.00 bits per heavy atom. The molecule has 6 nitrogen and oxygen atoms in total. The van der Waals surface area contributed by atoms with Crippen LogP contribution in [0.5, 0.6) is 5.75 Å². The van der Waals surface area contributed by atoms with E-state index in [1.807, 2.05) is 0 Å². The minimum Gasteiger partial charge on any atom is -0.497 e. The van der Waals surface area contributed by atoms with Crippen LogP contribution in [0.2, 0.25) is 0 Å². The smallest absolute Gasteiger partial charge is 0.270 e. The number of hydrogen-bond donors (Lipinski definition) is 3. The highest BCUT2D eigenvalue weighted by atomic mass is 79.9. The fourth-order valence-electron chi connectivity index (χ4n) is 1.78. The Hall–Kier alpha value is -2.45. The lowest BCUT2D eigenvalue weighted by molar-refractivity contribution is 0.0934. The standard InChI is InChI=1S/C16H14BrN3O3S/c1-23-11-8-6-10(7-9-11)14(21)18-16(24)20-19-15(22)12-4-2-3-5-13(12)17/h2-9H,1H3,(H,19,22)(H2,18,20,21,24). The number of methoxy groups -OCH3 is 1. The van der Waals surface area contributed by atoms with Crippen LogP contribution in [-0.2, 0) is 0 Å². The van der Waals surface area contributed by atoms with Crippen molar-refractivity contribution in [1.82, 2.24) is 16.2 Å². The molecule has 124 valence electrons. The zero-order valence-electron chi connectivity index (χ0n) is 12.6. The van der Waals surface area contributed by atoms with Gasteiger partial charge in [0, 0.05) is 10.0 Å². The van der Waals surface area contributed by atoms with Gasteiger partial charge in [0.05, 0.1) is 12.7 Å². The maximum Gasteiger partial charge on any atom is 0.270 e. The Morgan fingerprint density at radius 3 is 2.29 bits per heavy atom. The zero-order valence-corrected chi connectivity index (χ0v) is 15.0. The van der Waals surface area contributed by atoms with Crippen LogP contribution in [0.15, 0.2) is 53.0 Å². The predicted octanol–water partition coefficient (Wildman–Crippen LogP) is 2.41. The number of amides is 2. The summed E-state index contributed by atoms with van der Waals surface area (Å²) in [7, 11) is 1.54. The van der Waals surface area contributed by atoms with Crippen molar-refractivity contribution in [2.45, 2.75) is 0 Å². The van der Waals surface area contributed by atoms with Crippen molar-refractivity contribution >= 4 is 45.1 Å². The van der Waals surface area contributed by atoms with Gasteiger partial charge < -0.3 is 4.74 Å². The third-order valence-electron chi connectivity index (χ3n) is 2.99. The van der Waals surface area contributed by atoms with Gasteiger partial charge in [-0.25, -0.2) is 0 Å². The third-order valence-corrected chi connectivity index (χ3v) is 3.88. The largest absolute Gasteiger partial charge is 0.497 e. The Labute approximate surface area is 152 Å². The highest BCUT2D eigenvalue weighted by molar-refractivity contribution is 9.10. The summed E-state index contributed by atoms with van der Waals surface area (Å²) in [5, 5.41) is 2.45. The molecule has 0 saturated heterocycles. The van der Waals surface area contributed by atoms with E-state index in [4.69, 9.17) is 17.0 Å². The molecule has 24 heavy (non-hydrogen) atoms. The van der Waals surface area contributed by atoms with E-state index >= 15 is 0 Å². The lowest BCUT2D eigenvalue weighted by atomic mass is 10.2. The Bertz CT molecular complexity index is 765. The van der Waals surface area contributed by atoms with Crippen molar-refractivity contribution in [3.63, 3.8) is 0 Å². The first-order valence-corrected chi connectivity index (χ1v) is 8.01. The Morgan fingerprint density at radius 2 is 1.67 bits per heavy atom. The summed E-state index contributed by atoms with van der Waals surface area (Å²) in [6.07, 6.45) is 0. The second-order valence-electron chi connectivity index (χ2n) is 4.57. The minimum atomic E-state index is -0.398. The number of hydrazine groups is 1. The second-order valence-corrected chi connectivity index (χ2v) is 5.83. The van der Waals surface area contributed by atoms with Gasteiger partial charge in [0.25, 0.3) is 11.8 Å². The first-order valence-electron chi connectivity index (χ1n) is 6.81. The molecule has 2 rings (SSSR count). The highest BCUT2D eigenvalue weighted by Gasteiger charge is 2.11. The summed E-state index contributed by atoms with van der Waals surface area (Å²) in [5.74, 6) is -0.137. The van der Waals surface area contributed by atoms with Crippen LogP contribution in [-0.4, -0.2) is 24.0 Å². The molecule has 0 saturated carbocycles. The van der Waals surface area contributed by atoms with Crippen LogP contribution in [0.1, 0.15) is 20.7 Å². The number of carbonyl (C=O) groups excluding carboxylic acids is 2. The molecule has 0 aliphatic heterocycles. The molecule has 2 amide bonds. The first kappa shape index (κ1) is 17.9. The van der Waals surface area contributed by atoms with Crippen molar-refractivity contribution in [3.05, 3.63) is 64.1 Å². The van der Waals surface area contributed by atoms with Crippen LogP contribution < -0.4 is 20.9 Å². The summed E-state index contributed by atoms with van der Waals surface area (Å²) in [4.78, 5) is 24.0. The van der Waals surface area contributed by atoms with E-state index < -0.39 is 5.91 Å². The number of carbonyl (C=O) groups is 2. The number of ether oxygens (including phenoxy) is 1. The molecule has 0 bridgehead atoms. The average molecular weight is 408 g/mol. The van der Waals surface area contributed by atoms with E-state index in [9.17, 15) is 9.59 Å². The maximum absolute atomic E-state index is 12.0. The summed E-state index contributed by atoms with van der Waals surface area (Å²) >= 11 is 8.27. The lowest BCUT2D eigenvalue weighted by Crippen LogP contribution is -2.48. The van der Waals surface area contributed by atoms with Gasteiger partial charge in [0.15, 0.2) is 5.11 Å². The van der Waals surface area contributed by atoms with Crippen molar-refractivity contribution in [1.29, 1.82) is 0 Å². The number of thiocarbonyl (C=S) groups is 1. The van der Waals surface area contributed by atoms with Crippen LogP contribution >= 0.6 is 28.1 Å². The zero-order chi connectivity index (χ0) is 17.5. The Balaban J connectivity index is 1.87. The second kappa shape index (κ2) is 8.42. The van der Waals surface area contributed by atoms with Crippen molar-refractivity contribution in [3.8, 4) is 5.75 Å². The summed E-state index contributed by atoms with van der Waals surface area (Å²) in [6, 6.07) is 13.5. The minimum absolute atomic E-state index is 0.0174. The van der Waals surface area contributed by atoms with Gasteiger partial charge in [-0.3, -0.25) is 25.8 Å². The SMILES string of the molecule is COc1ccc(C(=O)NC(=S)NNC(=O)c2ccccc2Br)cc1. The monoisotopic (exact) mass is 407 g/mol. The number of nitrogens with one attached hydrogen (secondary N) is 3. The van der Waals surface area contributed by atoms with Crippen molar-refractivity contribution < 1.29 is 14.3 Å². The highest BCUT2D eigenvalue weighted by Crippen LogP contribution is 2.15. The molecule has 0 heterocycles. The number of benzene rings is 2. The van der Waals surface area contributed by atoms with Crippen molar-refractivity contribution in [2.24, 2.45) is 0 Å². The van der Waals surface area contributed by atoms with Gasteiger partial charge in [0.2, 0.25) is 0 Å². The third kappa shape index (κ3) is 4.77. The molecule has 0 aliphatic rings. The summed E-state index contributed by atoms with van der Waals surface area (Å²) in [5.41, 5.74) is 5.76. The molecule has 0 aromatic heterocycles. The fraction of sp³-hybridized carbons (Fsp3) is 0.0625. The maximum atomic E-state index is 12.0. The van der Waals surface area contributed by atoms with Gasteiger partial charge in [-0.2, -0.15) is 0 Å². The molecule has 2 aromatic carbocycles. The van der Waals surface area contributed by atoms with Crippen LogP contribution in [0.3, 0.4) is 0 Å². The number of halogens is 1. The molecule has 0 fully saturated rings. The van der Waals surface area contributed by atoms with Gasteiger partial charge in [0.1, 0.15) is 5.75 Å². The van der Waals surface area contributed by atoms with Gasteiger partial charge in [-0.05, 0) is 64.5 Å². The summed E-state index contributed by atoms with van der Waals surface area (Å²) < 4.78 is 5.68. The van der Waals surface area contributed by atoms with E-state index in [-0.39, 0.29) is 11.0 Å². The molecular formula is C16H14BrN3O3S. The average Bonchev–Trinajstić information content (AvgIpc) is 2.60. The van der Waals surface area contributed by atoms with E-state index in [2.05, 4.69) is 32.1 Å². The van der Waals surface area contributed by atoms with Gasteiger partial charge >= 0.3 is 0 Å². The van der Waals surface area contributed by atoms with Crippen LogP contribution in [0, 0.1) is 0 Å². The molecular weight excluding hydrogens is 394 g/mol. The molecule has 8 heteroatoms. The normalized spacial score (nSPS) is 9.75. The first-order chi connectivity index (χ1) is 11.5. The molecule has 0 aliphatic carbocycles. The molecule has 2 aromatic rings. The Kier molecular flexibility index (Phi) is 6.28. The van der Waals surface area contributed by atoms with Crippen LogP contribution in [0.25, 0.3) is 0 Å². The topological polar surface area (TPSA) is 79.5 Å². The quantitative estimate of drug-likeness (QED) is 0.537. The van der Waals surface area contributed by atoms with Gasteiger partial charge in [-0.15, -0.1) is 0 Å². The number of hydrogen-bond acceptors (Lipinski definition) is 4. The molecule has 0 unspecified atom stereocenters. The lowest BCUT2D eigenvalue weighted by Gasteiger charge is -2.11. The van der Waals surface area contributed by atoms with E-state index in [1.165, 1.54) is 0 Å². The summed E-state index contributed by atoms with van der Waals surface area (Å²) in [6.45, 7) is 0. The molecule has 0 spiro atoms.